The Morgan fingerprint density at radius 2 is 2.00 bits per heavy atom. The van der Waals surface area contributed by atoms with E-state index >= 15 is 0 Å². The number of methoxy groups -OCH3 is 1. The van der Waals surface area contributed by atoms with Crippen LogP contribution in [0.3, 0.4) is 0 Å². The van der Waals surface area contributed by atoms with Crippen molar-refractivity contribution in [1.82, 2.24) is 10.6 Å². The Hall–Kier alpha value is -0.810. The number of carbonyl (C=O) groups is 2. The Kier molecular flexibility index (Phi) is 6.27. The summed E-state index contributed by atoms with van der Waals surface area (Å²) in [5, 5.41) is 4.67. The van der Waals surface area contributed by atoms with Crippen LogP contribution in [0.5, 0.6) is 0 Å². The van der Waals surface area contributed by atoms with Crippen molar-refractivity contribution in [3.8, 4) is 0 Å². The largest absolute Gasteiger partial charge is 0.377 e. The van der Waals surface area contributed by atoms with Gasteiger partial charge in [0, 0.05) is 26.0 Å². The first-order chi connectivity index (χ1) is 6.91. The summed E-state index contributed by atoms with van der Waals surface area (Å²) in [7, 11) is 1.55. The lowest BCUT2D eigenvalue weighted by molar-refractivity contribution is -0.119. The van der Waals surface area contributed by atoms with Crippen molar-refractivity contribution in [3.63, 3.8) is 0 Å². The lowest BCUT2D eigenvalue weighted by Crippen LogP contribution is -2.46. The van der Waals surface area contributed by atoms with E-state index in [0.717, 1.165) is 0 Å². The van der Waals surface area contributed by atoms with Gasteiger partial charge in [-0.05, 0) is 13.8 Å². The zero-order valence-corrected chi connectivity index (χ0v) is 9.98. The van der Waals surface area contributed by atoms with Gasteiger partial charge in [0.05, 0.1) is 5.60 Å². The molecule has 0 radical (unpaired) electrons. The number of urea groups is 1. The molecule has 0 rings (SSSR count). The summed E-state index contributed by atoms with van der Waals surface area (Å²) in [5.74, 6) is -0.194. The fourth-order valence-corrected chi connectivity index (χ4v) is 0.856. The highest BCUT2D eigenvalue weighted by Crippen LogP contribution is 2.04. The van der Waals surface area contributed by atoms with Crippen LogP contribution in [0, 0.1) is 0 Å². The fourth-order valence-electron chi connectivity index (χ4n) is 0.684. The van der Waals surface area contributed by atoms with Crippen molar-refractivity contribution in [2.75, 3.05) is 19.5 Å². The van der Waals surface area contributed by atoms with Gasteiger partial charge in [-0.25, -0.2) is 4.79 Å². The quantitative estimate of drug-likeness (QED) is 0.696. The number of ether oxygens (including phenoxy) is 1. The van der Waals surface area contributed by atoms with Gasteiger partial charge in [-0.1, -0.05) is 0 Å². The predicted molar refractivity (Wildman–Crippen MR) is 58.0 cm³/mol. The van der Waals surface area contributed by atoms with Crippen molar-refractivity contribution in [1.29, 1.82) is 0 Å². The van der Waals surface area contributed by atoms with Crippen LogP contribution in [0.1, 0.15) is 20.3 Å². The zero-order valence-electron chi connectivity index (χ0n) is 9.22. The van der Waals surface area contributed by atoms with E-state index in [1.54, 1.807) is 7.11 Å². The number of amides is 3. The average molecular weight is 237 g/mol. The molecule has 0 saturated carbocycles. The third kappa shape index (κ3) is 7.16. The molecule has 2 N–H and O–H groups in total. The molecule has 3 amide bonds. The van der Waals surface area contributed by atoms with Crippen LogP contribution in [0.15, 0.2) is 0 Å². The Labute approximate surface area is 94.5 Å². The van der Waals surface area contributed by atoms with Crippen LogP contribution in [-0.2, 0) is 9.53 Å². The van der Waals surface area contributed by atoms with E-state index in [0.29, 0.717) is 6.54 Å². The second-order valence-corrected chi connectivity index (χ2v) is 4.01. The van der Waals surface area contributed by atoms with E-state index in [1.807, 2.05) is 13.8 Å². The standard InChI is InChI=1S/C9H17ClN2O3/c1-9(2,15-3)6-11-8(14)12-7(13)4-5-10/h4-6H2,1-3H3,(H2,11,12,13,14). The summed E-state index contributed by atoms with van der Waals surface area (Å²) in [4.78, 5) is 22.1. The van der Waals surface area contributed by atoms with Crippen LogP contribution in [0.2, 0.25) is 0 Å². The molecule has 0 aromatic heterocycles. The smallest absolute Gasteiger partial charge is 0.321 e. The van der Waals surface area contributed by atoms with Crippen LogP contribution in [-0.4, -0.2) is 37.1 Å². The third-order valence-electron chi connectivity index (χ3n) is 1.80. The normalized spacial score (nSPS) is 10.9. The highest BCUT2D eigenvalue weighted by atomic mass is 35.5. The molecule has 0 aliphatic carbocycles. The highest BCUT2D eigenvalue weighted by Gasteiger charge is 2.17. The van der Waals surface area contributed by atoms with Gasteiger partial charge in [0.25, 0.3) is 0 Å². The van der Waals surface area contributed by atoms with Crippen molar-refractivity contribution in [2.24, 2.45) is 0 Å². The molecule has 0 spiro atoms. The van der Waals surface area contributed by atoms with Gasteiger partial charge < -0.3 is 10.1 Å². The lowest BCUT2D eigenvalue weighted by Gasteiger charge is -2.22. The van der Waals surface area contributed by atoms with E-state index in [4.69, 9.17) is 16.3 Å². The van der Waals surface area contributed by atoms with Gasteiger partial charge in [-0.3, -0.25) is 10.1 Å². The molecule has 0 saturated heterocycles. The molecule has 0 aliphatic heterocycles. The second-order valence-electron chi connectivity index (χ2n) is 3.63. The summed E-state index contributed by atoms with van der Waals surface area (Å²) in [6.07, 6.45) is 0.128. The third-order valence-corrected chi connectivity index (χ3v) is 1.99. The van der Waals surface area contributed by atoms with E-state index in [-0.39, 0.29) is 12.3 Å². The Bertz CT molecular complexity index is 231. The number of rotatable bonds is 5. The molecular weight excluding hydrogens is 220 g/mol. The molecule has 0 aromatic carbocycles. The predicted octanol–water partition coefficient (Wildman–Crippen LogP) is 0.866. The first-order valence-corrected chi connectivity index (χ1v) is 5.13. The minimum Gasteiger partial charge on any atom is -0.377 e. The van der Waals surface area contributed by atoms with Crippen LogP contribution >= 0.6 is 11.6 Å². The van der Waals surface area contributed by atoms with E-state index in [1.165, 1.54) is 0 Å². The molecule has 0 heterocycles. The topological polar surface area (TPSA) is 67.4 Å². The number of hydrogen-bond donors (Lipinski definition) is 2. The Balaban J connectivity index is 3.80. The number of hydrogen-bond acceptors (Lipinski definition) is 3. The lowest BCUT2D eigenvalue weighted by atomic mass is 10.1. The molecule has 0 aliphatic rings. The van der Waals surface area contributed by atoms with Gasteiger partial charge in [-0.15, -0.1) is 11.6 Å². The van der Waals surface area contributed by atoms with E-state index in [9.17, 15) is 9.59 Å². The highest BCUT2D eigenvalue weighted by molar-refractivity contribution is 6.19. The first-order valence-electron chi connectivity index (χ1n) is 4.60. The number of halogens is 1. The van der Waals surface area contributed by atoms with Crippen molar-refractivity contribution < 1.29 is 14.3 Å². The van der Waals surface area contributed by atoms with E-state index in [2.05, 4.69) is 10.6 Å². The second kappa shape index (κ2) is 6.63. The average Bonchev–Trinajstić information content (AvgIpc) is 2.15. The Morgan fingerprint density at radius 1 is 1.40 bits per heavy atom. The van der Waals surface area contributed by atoms with E-state index < -0.39 is 17.5 Å². The van der Waals surface area contributed by atoms with Crippen LogP contribution in [0.4, 0.5) is 4.79 Å². The molecule has 5 nitrogen and oxygen atoms in total. The molecular formula is C9H17ClN2O3. The molecule has 0 atom stereocenters. The molecule has 88 valence electrons. The maximum atomic E-state index is 11.1. The minimum absolute atomic E-state index is 0.128. The first kappa shape index (κ1) is 14.2. The molecule has 0 unspecified atom stereocenters. The number of alkyl halides is 1. The summed E-state index contributed by atoms with van der Waals surface area (Å²) in [6.45, 7) is 3.98. The fraction of sp³-hybridized carbons (Fsp3) is 0.778. The maximum Gasteiger partial charge on any atom is 0.321 e. The number of imide groups is 1. The van der Waals surface area contributed by atoms with Crippen molar-refractivity contribution in [2.45, 2.75) is 25.9 Å². The van der Waals surface area contributed by atoms with Crippen LogP contribution < -0.4 is 10.6 Å². The van der Waals surface area contributed by atoms with Gasteiger partial charge in [0.15, 0.2) is 0 Å². The summed E-state index contributed by atoms with van der Waals surface area (Å²) in [6, 6.07) is -0.532. The maximum absolute atomic E-state index is 11.1. The summed E-state index contributed by atoms with van der Waals surface area (Å²) >= 11 is 5.34. The van der Waals surface area contributed by atoms with Crippen molar-refractivity contribution >= 4 is 23.5 Å². The number of nitrogens with one attached hydrogen (secondary N) is 2. The SMILES string of the molecule is COC(C)(C)CNC(=O)NC(=O)CCCl. The van der Waals surface area contributed by atoms with Gasteiger partial charge in [-0.2, -0.15) is 0 Å². The molecule has 0 aromatic rings. The molecule has 0 bridgehead atoms. The van der Waals surface area contributed by atoms with Gasteiger partial charge in [0.1, 0.15) is 0 Å². The monoisotopic (exact) mass is 236 g/mol. The molecule has 15 heavy (non-hydrogen) atoms. The summed E-state index contributed by atoms with van der Waals surface area (Å²) in [5.41, 5.74) is -0.452. The van der Waals surface area contributed by atoms with Gasteiger partial charge in [0.2, 0.25) is 5.91 Å². The summed E-state index contributed by atoms with van der Waals surface area (Å²) < 4.78 is 5.09. The zero-order chi connectivity index (χ0) is 11.9. The molecule has 0 fully saturated rings. The Morgan fingerprint density at radius 3 is 2.47 bits per heavy atom. The molecule has 6 heteroatoms. The van der Waals surface area contributed by atoms with Gasteiger partial charge >= 0.3 is 6.03 Å². The van der Waals surface area contributed by atoms with Crippen molar-refractivity contribution in [3.05, 3.63) is 0 Å². The van der Waals surface area contributed by atoms with Crippen LogP contribution in [0.25, 0.3) is 0 Å². The minimum atomic E-state index is -0.532. The number of carbonyl (C=O) groups excluding carboxylic acids is 2.